The lowest BCUT2D eigenvalue weighted by Gasteiger charge is -2.26. The number of benzene rings is 1. The van der Waals surface area contributed by atoms with E-state index in [1.807, 2.05) is 0 Å². The highest BCUT2D eigenvalue weighted by Gasteiger charge is 2.25. The molecule has 0 radical (unpaired) electrons. The standard InChI is InChI=1S/C14H20BrN/c1-11(2)16(9-12-6-7-12)10-13-4-3-5-14(15)8-13/h3-5,8,11-12H,6-7,9-10H2,1-2H3. The molecule has 1 saturated carbocycles. The second-order valence-corrected chi connectivity index (χ2v) is 6.01. The first-order valence-electron chi connectivity index (χ1n) is 6.13. The first kappa shape index (κ1) is 12.1. The third-order valence-electron chi connectivity index (χ3n) is 3.19. The van der Waals surface area contributed by atoms with Crippen molar-refractivity contribution >= 4 is 15.9 Å². The van der Waals surface area contributed by atoms with Crippen molar-refractivity contribution in [1.29, 1.82) is 0 Å². The average molecular weight is 282 g/mol. The Morgan fingerprint density at radius 1 is 1.38 bits per heavy atom. The Hall–Kier alpha value is -0.340. The number of nitrogens with zero attached hydrogens (tertiary/aromatic N) is 1. The predicted molar refractivity (Wildman–Crippen MR) is 72.4 cm³/mol. The van der Waals surface area contributed by atoms with E-state index < -0.39 is 0 Å². The van der Waals surface area contributed by atoms with Gasteiger partial charge in [0.2, 0.25) is 0 Å². The van der Waals surface area contributed by atoms with Crippen molar-refractivity contribution in [3.63, 3.8) is 0 Å². The number of rotatable bonds is 5. The molecular formula is C14H20BrN. The van der Waals surface area contributed by atoms with Crippen molar-refractivity contribution in [3.05, 3.63) is 34.3 Å². The molecule has 0 atom stereocenters. The van der Waals surface area contributed by atoms with Crippen LogP contribution in [0, 0.1) is 5.92 Å². The van der Waals surface area contributed by atoms with E-state index in [0.29, 0.717) is 6.04 Å². The van der Waals surface area contributed by atoms with Crippen molar-refractivity contribution < 1.29 is 0 Å². The highest BCUT2D eigenvalue weighted by Crippen LogP contribution is 2.30. The van der Waals surface area contributed by atoms with Gasteiger partial charge in [-0.05, 0) is 50.3 Å². The fourth-order valence-corrected chi connectivity index (χ4v) is 2.41. The molecule has 0 saturated heterocycles. The highest BCUT2D eigenvalue weighted by molar-refractivity contribution is 9.10. The monoisotopic (exact) mass is 281 g/mol. The third kappa shape index (κ3) is 3.60. The third-order valence-corrected chi connectivity index (χ3v) is 3.69. The molecule has 1 fully saturated rings. The molecule has 0 aliphatic heterocycles. The lowest BCUT2D eigenvalue weighted by Crippen LogP contribution is -2.32. The van der Waals surface area contributed by atoms with E-state index in [1.54, 1.807) is 0 Å². The Kier molecular flexibility index (Phi) is 4.04. The van der Waals surface area contributed by atoms with Crippen LogP contribution in [0.25, 0.3) is 0 Å². The van der Waals surface area contributed by atoms with Crippen molar-refractivity contribution in [3.8, 4) is 0 Å². The Morgan fingerprint density at radius 2 is 2.12 bits per heavy atom. The number of hydrogen-bond acceptors (Lipinski definition) is 1. The minimum Gasteiger partial charge on any atom is -0.296 e. The molecular weight excluding hydrogens is 262 g/mol. The molecule has 0 spiro atoms. The molecule has 1 aliphatic carbocycles. The van der Waals surface area contributed by atoms with Gasteiger partial charge in [-0.25, -0.2) is 0 Å². The summed E-state index contributed by atoms with van der Waals surface area (Å²) in [6.45, 7) is 6.93. The lowest BCUT2D eigenvalue weighted by atomic mass is 10.2. The van der Waals surface area contributed by atoms with Crippen LogP contribution in [0.2, 0.25) is 0 Å². The van der Waals surface area contributed by atoms with E-state index in [-0.39, 0.29) is 0 Å². The topological polar surface area (TPSA) is 3.24 Å². The minimum atomic E-state index is 0.639. The Morgan fingerprint density at radius 3 is 2.69 bits per heavy atom. The first-order valence-corrected chi connectivity index (χ1v) is 6.93. The van der Waals surface area contributed by atoms with Gasteiger partial charge in [0.25, 0.3) is 0 Å². The molecule has 2 rings (SSSR count). The van der Waals surface area contributed by atoms with Crippen LogP contribution in [-0.2, 0) is 6.54 Å². The van der Waals surface area contributed by atoms with E-state index >= 15 is 0 Å². The van der Waals surface area contributed by atoms with Crippen molar-refractivity contribution in [1.82, 2.24) is 4.90 Å². The van der Waals surface area contributed by atoms with Crippen LogP contribution in [0.3, 0.4) is 0 Å². The number of halogens is 1. The fraction of sp³-hybridized carbons (Fsp3) is 0.571. The van der Waals surface area contributed by atoms with Gasteiger partial charge >= 0.3 is 0 Å². The molecule has 16 heavy (non-hydrogen) atoms. The molecule has 0 amide bonds. The molecule has 88 valence electrons. The van der Waals surface area contributed by atoms with Crippen LogP contribution < -0.4 is 0 Å². The van der Waals surface area contributed by atoms with Crippen molar-refractivity contribution in [2.45, 2.75) is 39.3 Å². The number of hydrogen-bond donors (Lipinski definition) is 0. The zero-order valence-corrected chi connectivity index (χ0v) is 11.7. The van der Waals surface area contributed by atoms with Crippen LogP contribution in [0.1, 0.15) is 32.3 Å². The SMILES string of the molecule is CC(C)N(Cc1cccc(Br)c1)CC1CC1. The van der Waals surface area contributed by atoms with Crippen molar-refractivity contribution in [2.75, 3.05) is 6.54 Å². The van der Waals surface area contributed by atoms with Crippen LogP contribution in [0.4, 0.5) is 0 Å². The zero-order valence-electron chi connectivity index (χ0n) is 10.1. The van der Waals surface area contributed by atoms with Gasteiger partial charge in [0.15, 0.2) is 0 Å². The molecule has 2 heteroatoms. The fourth-order valence-electron chi connectivity index (χ4n) is 1.96. The maximum absolute atomic E-state index is 3.53. The van der Waals surface area contributed by atoms with Gasteiger partial charge in [-0.2, -0.15) is 0 Å². The molecule has 1 aromatic rings. The summed E-state index contributed by atoms with van der Waals surface area (Å²) >= 11 is 3.53. The Balaban J connectivity index is 1.98. The lowest BCUT2D eigenvalue weighted by molar-refractivity contribution is 0.204. The van der Waals surface area contributed by atoms with Gasteiger partial charge in [-0.3, -0.25) is 4.90 Å². The molecule has 0 aromatic heterocycles. The summed E-state index contributed by atoms with van der Waals surface area (Å²) in [6.07, 6.45) is 2.86. The van der Waals surface area contributed by atoms with E-state index in [0.717, 1.165) is 12.5 Å². The minimum absolute atomic E-state index is 0.639. The smallest absolute Gasteiger partial charge is 0.0236 e. The highest BCUT2D eigenvalue weighted by atomic mass is 79.9. The van der Waals surface area contributed by atoms with Gasteiger partial charge in [-0.1, -0.05) is 28.1 Å². The van der Waals surface area contributed by atoms with Gasteiger partial charge < -0.3 is 0 Å². The molecule has 0 unspecified atom stereocenters. The maximum atomic E-state index is 3.53. The molecule has 0 heterocycles. The van der Waals surface area contributed by atoms with Gasteiger partial charge in [0, 0.05) is 23.6 Å². The van der Waals surface area contributed by atoms with E-state index in [4.69, 9.17) is 0 Å². The summed E-state index contributed by atoms with van der Waals surface area (Å²) in [5.74, 6) is 0.967. The van der Waals surface area contributed by atoms with E-state index in [9.17, 15) is 0 Å². The molecule has 0 bridgehead atoms. The van der Waals surface area contributed by atoms with Gasteiger partial charge in [0.1, 0.15) is 0 Å². The summed E-state index contributed by atoms with van der Waals surface area (Å²) < 4.78 is 1.18. The normalized spacial score (nSPS) is 16.1. The van der Waals surface area contributed by atoms with Crippen LogP contribution >= 0.6 is 15.9 Å². The van der Waals surface area contributed by atoms with Crippen LogP contribution in [0.15, 0.2) is 28.7 Å². The Bertz CT molecular complexity index is 344. The second kappa shape index (κ2) is 5.33. The van der Waals surface area contributed by atoms with Crippen LogP contribution in [-0.4, -0.2) is 17.5 Å². The average Bonchev–Trinajstić information content (AvgIpc) is 3.00. The summed E-state index contributed by atoms with van der Waals surface area (Å²) in [4.78, 5) is 2.58. The summed E-state index contributed by atoms with van der Waals surface area (Å²) in [6, 6.07) is 9.29. The second-order valence-electron chi connectivity index (χ2n) is 5.10. The molecule has 1 aromatic carbocycles. The molecule has 1 aliphatic rings. The maximum Gasteiger partial charge on any atom is 0.0236 e. The summed E-state index contributed by atoms with van der Waals surface area (Å²) in [5, 5.41) is 0. The largest absolute Gasteiger partial charge is 0.296 e. The summed E-state index contributed by atoms with van der Waals surface area (Å²) in [5.41, 5.74) is 1.41. The van der Waals surface area contributed by atoms with E-state index in [2.05, 4.69) is 58.9 Å². The Labute approximate surface area is 107 Å². The van der Waals surface area contributed by atoms with Crippen molar-refractivity contribution in [2.24, 2.45) is 5.92 Å². The van der Waals surface area contributed by atoms with Crippen LogP contribution in [0.5, 0.6) is 0 Å². The predicted octanol–water partition coefficient (Wildman–Crippen LogP) is 4.07. The van der Waals surface area contributed by atoms with E-state index in [1.165, 1.54) is 29.4 Å². The quantitative estimate of drug-likeness (QED) is 0.787. The summed E-state index contributed by atoms with van der Waals surface area (Å²) in [7, 11) is 0. The first-order chi connectivity index (χ1) is 7.65. The van der Waals surface area contributed by atoms with Gasteiger partial charge in [-0.15, -0.1) is 0 Å². The molecule has 0 N–H and O–H groups in total. The molecule has 1 nitrogen and oxygen atoms in total. The van der Waals surface area contributed by atoms with Gasteiger partial charge in [0.05, 0.1) is 0 Å². The zero-order chi connectivity index (χ0) is 11.5.